The Bertz CT molecular complexity index is 304. The molecule has 0 aliphatic heterocycles. The topological polar surface area (TPSA) is 48.1 Å². The summed E-state index contributed by atoms with van der Waals surface area (Å²) in [6.45, 7) is 6.33. The van der Waals surface area contributed by atoms with E-state index in [1.165, 1.54) is 0 Å². The van der Waals surface area contributed by atoms with Crippen molar-refractivity contribution in [2.24, 2.45) is 11.1 Å². The highest BCUT2D eigenvalue weighted by Gasteiger charge is 2.24. The molecule has 0 saturated heterocycles. The van der Waals surface area contributed by atoms with E-state index in [-0.39, 0.29) is 11.5 Å². The lowest BCUT2D eigenvalue weighted by molar-refractivity contribution is 0.313. The smallest absolute Gasteiger partial charge is 0.141 e. The second kappa shape index (κ2) is 3.96. The summed E-state index contributed by atoms with van der Waals surface area (Å²) in [7, 11) is 1.63. The van der Waals surface area contributed by atoms with E-state index in [1.54, 1.807) is 19.5 Å². The zero-order valence-electron chi connectivity index (χ0n) is 9.24. The van der Waals surface area contributed by atoms with Gasteiger partial charge in [-0.05, 0) is 11.5 Å². The van der Waals surface area contributed by atoms with E-state index >= 15 is 0 Å². The normalized spacial score (nSPS) is 13.8. The molecule has 0 aromatic carbocycles. The third-order valence-corrected chi connectivity index (χ3v) is 2.30. The molecular weight excluding hydrogens is 176 g/mol. The molecule has 78 valence electrons. The number of methoxy groups -OCH3 is 1. The third kappa shape index (κ3) is 2.23. The molecule has 1 rings (SSSR count). The highest BCUT2D eigenvalue weighted by molar-refractivity contribution is 5.33. The van der Waals surface area contributed by atoms with Crippen molar-refractivity contribution < 1.29 is 4.74 Å². The highest BCUT2D eigenvalue weighted by Crippen LogP contribution is 2.34. The summed E-state index contributed by atoms with van der Waals surface area (Å²) in [6, 6.07) is 1.87. The van der Waals surface area contributed by atoms with E-state index in [2.05, 4.69) is 25.8 Å². The van der Waals surface area contributed by atoms with Gasteiger partial charge in [0.25, 0.3) is 0 Å². The first-order valence-electron chi connectivity index (χ1n) is 4.70. The fourth-order valence-electron chi connectivity index (χ4n) is 1.28. The molecular formula is C11H18N2O. The molecule has 0 aliphatic carbocycles. The van der Waals surface area contributed by atoms with Gasteiger partial charge >= 0.3 is 0 Å². The van der Waals surface area contributed by atoms with Crippen LogP contribution in [0.1, 0.15) is 32.4 Å². The molecule has 0 aliphatic rings. The van der Waals surface area contributed by atoms with Crippen molar-refractivity contribution in [3.05, 3.63) is 24.0 Å². The predicted molar refractivity (Wildman–Crippen MR) is 57.2 cm³/mol. The molecule has 0 bridgehead atoms. The number of hydrogen-bond donors (Lipinski definition) is 1. The van der Waals surface area contributed by atoms with E-state index in [1.807, 2.05) is 6.07 Å². The van der Waals surface area contributed by atoms with Crippen LogP contribution in [0.5, 0.6) is 5.75 Å². The summed E-state index contributed by atoms with van der Waals surface area (Å²) in [4.78, 5) is 4.00. The Morgan fingerprint density at radius 2 is 2.07 bits per heavy atom. The molecule has 0 fully saturated rings. The standard InChI is InChI=1S/C11H18N2O/c1-11(2,3)10(12)8-5-6-13-7-9(8)14-4/h5-7,10H,12H2,1-4H3. The molecule has 1 atom stereocenters. The highest BCUT2D eigenvalue weighted by atomic mass is 16.5. The summed E-state index contributed by atoms with van der Waals surface area (Å²) in [5, 5.41) is 0. The largest absolute Gasteiger partial charge is 0.495 e. The van der Waals surface area contributed by atoms with E-state index < -0.39 is 0 Å². The molecule has 1 aromatic heterocycles. The number of aromatic nitrogens is 1. The van der Waals surface area contributed by atoms with Crippen LogP contribution in [0.15, 0.2) is 18.5 Å². The van der Waals surface area contributed by atoms with Crippen molar-refractivity contribution in [3.63, 3.8) is 0 Å². The van der Waals surface area contributed by atoms with Crippen LogP contribution in [0.3, 0.4) is 0 Å². The Kier molecular flexibility index (Phi) is 3.11. The molecule has 1 unspecified atom stereocenters. The molecule has 3 heteroatoms. The Morgan fingerprint density at radius 3 is 2.57 bits per heavy atom. The van der Waals surface area contributed by atoms with Crippen molar-refractivity contribution in [2.45, 2.75) is 26.8 Å². The Balaban J connectivity index is 3.06. The van der Waals surface area contributed by atoms with Crippen molar-refractivity contribution in [3.8, 4) is 5.75 Å². The fraction of sp³-hybridized carbons (Fsp3) is 0.545. The number of hydrogen-bond acceptors (Lipinski definition) is 3. The lowest BCUT2D eigenvalue weighted by Gasteiger charge is -2.28. The van der Waals surface area contributed by atoms with Gasteiger partial charge in [0.15, 0.2) is 0 Å². The number of pyridine rings is 1. The molecule has 2 N–H and O–H groups in total. The van der Waals surface area contributed by atoms with E-state index in [9.17, 15) is 0 Å². The summed E-state index contributed by atoms with van der Waals surface area (Å²) in [6.07, 6.45) is 3.43. The van der Waals surface area contributed by atoms with Gasteiger partial charge in [-0.3, -0.25) is 4.98 Å². The maximum Gasteiger partial charge on any atom is 0.141 e. The SMILES string of the molecule is COc1cnccc1C(N)C(C)(C)C. The van der Waals surface area contributed by atoms with Crippen LogP contribution in [-0.4, -0.2) is 12.1 Å². The van der Waals surface area contributed by atoms with E-state index in [0.29, 0.717) is 0 Å². The first kappa shape index (κ1) is 11.0. The van der Waals surface area contributed by atoms with Crippen LogP contribution in [0.2, 0.25) is 0 Å². The van der Waals surface area contributed by atoms with Gasteiger partial charge in [0.1, 0.15) is 5.75 Å². The maximum absolute atomic E-state index is 6.14. The average molecular weight is 194 g/mol. The molecule has 14 heavy (non-hydrogen) atoms. The summed E-state index contributed by atoms with van der Waals surface area (Å²) >= 11 is 0. The van der Waals surface area contributed by atoms with Crippen molar-refractivity contribution in [1.29, 1.82) is 0 Å². The minimum absolute atomic E-state index is 0.0225. The predicted octanol–water partition coefficient (Wildman–Crippen LogP) is 2.14. The average Bonchev–Trinajstić information content (AvgIpc) is 2.15. The van der Waals surface area contributed by atoms with Crippen LogP contribution in [0, 0.1) is 5.41 Å². The Hall–Kier alpha value is -1.09. The fourth-order valence-corrected chi connectivity index (χ4v) is 1.28. The molecule has 1 aromatic rings. The number of nitrogens with two attached hydrogens (primary N) is 1. The first-order chi connectivity index (χ1) is 6.46. The Morgan fingerprint density at radius 1 is 1.43 bits per heavy atom. The second-order valence-electron chi connectivity index (χ2n) is 4.46. The molecule has 1 heterocycles. The summed E-state index contributed by atoms with van der Waals surface area (Å²) in [5.74, 6) is 0.759. The number of rotatable bonds is 2. The molecule has 3 nitrogen and oxygen atoms in total. The summed E-state index contributed by atoms with van der Waals surface area (Å²) in [5.41, 5.74) is 7.17. The minimum Gasteiger partial charge on any atom is -0.495 e. The van der Waals surface area contributed by atoms with Gasteiger partial charge in [0.05, 0.1) is 13.3 Å². The van der Waals surface area contributed by atoms with Crippen LogP contribution < -0.4 is 10.5 Å². The van der Waals surface area contributed by atoms with E-state index in [4.69, 9.17) is 10.5 Å². The van der Waals surface area contributed by atoms with Crippen LogP contribution in [0.25, 0.3) is 0 Å². The van der Waals surface area contributed by atoms with Crippen molar-refractivity contribution in [2.75, 3.05) is 7.11 Å². The van der Waals surface area contributed by atoms with Crippen LogP contribution >= 0.6 is 0 Å². The third-order valence-electron chi connectivity index (χ3n) is 2.30. The Labute approximate surface area is 85.3 Å². The minimum atomic E-state index is -0.0413. The van der Waals surface area contributed by atoms with Gasteiger partial charge in [0, 0.05) is 17.8 Å². The van der Waals surface area contributed by atoms with Gasteiger partial charge in [-0.15, -0.1) is 0 Å². The zero-order chi connectivity index (χ0) is 10.8. The molecule has 0 radical (unpaired) electrons. The van der Waals surface area contributed by atoms with Gasteiger partial charge in [0.2, 0.25) is 0 Å². The lowest BCUT2D eigenvalue weighted by Crippen LogP contribution is -2.26. The maximum atomic E-state index is 6.14. The molecule has 0 spiro atoms. The molecule has 0 amide bonds. The van der Waals surface area contributed by atoms with Gasteiger partial charge in [-0.25, -0.2) is 0 Å². The van der Waals surface area contributed by atoms with E-state index in [0.717, 1.165) is 11.3 Å². The number of nitrogens with zero attached hydrogens (tertiary/aromatic N) is 1. The van der Waals surface area contributed by atoms with Crippen molar-refractivity contribution >= 4 is 0 Å². The summed E-state index contributed by atoms with van der Waals surface area (Å²) < 4.78 is 5.22. The van der Waals surface area contributed by atoms with Crippen molar-refractivity contribution in [1.82, 2.24) is 4.98 Å². The van der Waals surface area contributed by atoms with Gasteiger partial charge in [-0.1, -0.05) is 20.8 Å². The zero-order valence-corrected chi connectivity index (χ0v) is 9.24. The van der Waals surface area contributed by atoms with Crippen LogP contribution in [0.4, 0.5) is 0 Å². The quantitative estimate of drug-likeness (QED) is 0.784. The first-order valence-corrected chi connectivity index (χ1v) is 4.70. The lowest BCUT2D eigenvalue weighted by atomic mass is 9.83. The van der Waals surface area contributed by atoms with Crippen LogP contribution in [-0.2, 0) is 0 Å². The second-order valence-corrected chi connectivity index (χ2v) is 4.46. The number of ether oxygens (including phenoxy) is 1. The van der Waals surface area contributed by atoms with Gasteiger partial charge < -0.3 is 10.5 Å². The van der Waals surface area contributed by atoms with Gasteiger partial charge in [-0.2, -0.15) is 0 Å². The monoisotopic (exact) mass is 194 g/mol. The molecule has 0 saturated carbocycles.